The molecule has 3 aromatic rings. The lowest BCUT2D eigenvalue weighted by Crippen LogP contribution is -2.27. The Morgan fingerprint density at radius 3 is 2.62 bits per heavy atom. The summed E-state index contributed by atoms with van der Waals surface area (Å²) in [4.78, 5) is 27.4. The SMILES string of the molecule is CC(C)(/C=C1\OC(O)NC1=O)c1ccc(-c2ccc3cccc(F)c3c2)[nH]c1=O. The second-order valence-electron chi connectivity index (χ2n) is 7.46. The molecule has 148 valence electrons. The van der Waals surface area contributed by atoms with Gasteiger partial charge in [0.05, 0.1) is 0 Å². The number of pyridine rings is 1. The second kappa shape index (κ2) is 6.86. The molecule has 1 atom stereocenters. The molecule has 0 radical (unpaired) electrons. The summed E-state index contributed by atoms with van der Waals surface area (Å²) in [5, 5.41) is 12.8. The van der Waals surface area contributed by atoms with Crippen molar-refractivity contribution < 1.29 is 19.0 Å². The zero-order valence-electron chi connectivity index (χ0n) is 15.8. The molecule has 29 heavy (non-hydrogen) atoms. The molecule has 0 spiro atoms. The minimum atomic E-state index is -1.39. The third kappa shape index (κ3) is 3.52. The van der Waals surface area contributed by atoms with Crippen molar-refractivity contribution in [2.45, 2.75) is 25.7 Å². The number of aromatic amines is 1. The zero-order valence-corrected chi connectivity index (χ0v) is 15.8. The van der Waals surface area contributed by atoms with Gasteiger partial charge < -0.3 is 14.8 Å². The lowest BCUT2D eigenvalue weighted by atomic mass is 9.84. The summed E-state index contributed by atoms with van der Waals surface area (Å²) >= 11 is 0. The molecule has 1 amide bonds. The average Bonchev–Trinajstić information content (AvgIpc) is 2.97. The monoisotopic (exact) mass is 394 g/mol. The lowest BCUT2D eigenvalue weighted by Gasteiger charge is -2.20. The summed E-state index contributed by atoms with van der Waals surface area (Å²) in [5.74, 6) is -0.916. The van der Waals surface area contributed by atoms with Crippen molar-refractivity contribution >= 4 is 16.7 Å². The van der Waals surface area contributed by atoms with Gasteiger partial charge >= 0.3 is 0 Å². The molecule has 1 aliphatic heterocycles. The molecular formula is C22H19FN2O4. The maximum absolute atomic E-state index is 14.1. The number of aromatic nitrogens is 1. The van der Waals surface area contributed by atoms with Crippen molar-refractivity contribution in [3.8, 4) is 11.3 Å². The number of nitrogens with one attached hydrogen (secondary N) is 2. The molecular weight excluding hydrogens is 375 g/mol. The number of hydrogen-bond donors (Lipinski definition) is 3. The molecule has 1 saturated heterocycles. The van der Waals surface area contributed by atoms with Crippen molar-refractivity contribution in [2.24, 2.45) is 0 Å². The van der Waals surface area contributed by atoms with Crippen molar-refractivity contribution in [3.05, 3.63) is 82.1 Å². The van der Waals surface area contributed by atoms with E-state index in [-0.39, 0.29) is 17.1 Å². The Bertz CT molecular complexity index is 1210. The molecule has 0 saturated carbocycles. The van der Waals surface area contributed by atoms with Gasteiger partial charge in [0, 0.05) is 22.1 Å². The molecule has 1 aliphatic rings. The second-order valence-corrected chi connectivity index (χ2v) is 7.46. The topological polar surface area (TPSA) is 91.4 Å². The van der Waals surface area contributed by atoms with Gasteiger partial charge in [0.2, 0.25) is 0 Å². The van der Waals surface area contributed by atoms with Crippen LogP contribution in [0.3, 0.4) is 0 Å². The highest BCUT2D eigenvalue weighted by molar-refractivity contribution is 5.93. The molecule has 0 aliphatic carbocycles. The van der Waals surface area contributed by atoms with Crippen molar-refractivity contribution in [2.75, 3.05) is 0 Å². The predicted molar refractivity (Wildman–Crippen MR) is 106 cm³/mol. The van der Waals surface area contributed by atoms with Crippen LogP contribution in [0, 0.1) is 5.82 Å². The number of benzene rings is 2. The van der Waals surface area contributed by atoms with E-state index in [0.717, 1.165) is 5.39 Å². The summed E-state index contributed by atoms with van der Waals surface area (Å²) < 4.78 is 19.1. The number of ether oxygens (including phenoxy) is 1. The Kier molecular flexibility index (Phi) is 4.47. The molecule has 1 aromatic heterocycles. The first kappa shape index (κ1) is 18.9. The van der Waals surface area contributed by atoms with E-state index in [1.807, 2.05) is 12.1 Å². The Morgan fingerprint density at radius 1 is 1.14 bits per heavy atom. The van der Waals surface area contributed by atoms with Crippen LogP contribution in [0.25, 0.3) is 22.0 Å². The summed E-state index contributed by atoms with van der Waals surface area (Å²) in [6, 6.07) is 13.6. The molecule has 1 unspecified atom stereocenters. The van der Waals surface area contributed by atoms with Gasteiger partial charge in [-0.25, -0.2) is 4.39 Å². The highest BCUT2D eigenvalue weighted by atomic mass is 19.1. The van der Waals surface area contributed by atoms with Crippen LogP contribution in [0.1, 0.15) is 19.4 Å². The Balaban J connectivity index is 1.72. The Hall–Kier alpha value is -3.45. The largest absolute Gasteiger partial charge is 0.441 e. The van der Waals surface area contributed by atoms with Crippen LogP contribution < -0.4 is 10.9 Å². The van der Waals surface area contributed by atoms with Crippen molar-refractivity contribution in [1.29, 1.82) is 0 Å². The molecule has 4 rings (SSSR count). The fraction of sp³-hybridized carbons (Fsp3) is 0.182. The molecule has 2 heterocycles. The van der Waals surface area contributed by atoms with Gasteiger partial charge in [-0.15, -0.1) is 0 Å². The number of fused-ring (bicyclic) bond motifs is 1. The number of hydrogen-bond acceptors (Lipinski definition) is 4. The van der Waals surface area contributed by atoms with Crippen LogP contribution in [0.15, 0.2) is 65.2 Å². The summed E-state index contributed by atoms with van der Waals surface area (Å²) in [6.07, 6.45) is 0.104. The minimum absolute atomic E-state index is 0.0454. The first-order valence-corrected chi connectivity index (χ1v) is 9.05. The zero-order chi connectivity index (χ0) is 20.8. The number of carbonyl (C=O) groups is 1. The van der Waals surface area contributed by atoms with Crippen LogP contribution in [-0.4, -0.2) is 22.4 Å². The van der Waals surface area contributed by atoms with E-state index in [9.17, 15) is 19.1 Å². The number of carbonyl (C=O) groups excluding carboxylic acids is 1. The summed E-state index contributed by atoms with van der Waals surface area (Å²) in [7, 11) is 0. The standard InChI is InChI=1S/C22H19FN2O4/c1-22(2,11-18-20(27)25-21(28)29-18)15-8-9-17(24-19(15)26)13-7-6-12-4-3-5-16(23)14(12)10-13/h3-11,21,28H,1-2H3,(H,24,26)(H,25,27)/b18-11-. The maximum Gasteiger partial charge on any atom is 0.290 e. The van der Waals surface area contributed by atoms with E-state index in [0.29, 0.717) is 22.2 Å². The Morgan fingerprint density at radius 2 is 1.93 bits per heavy atom. The van der Waals surface area contributed by atoms with Gasteiger partial charge in [-0.2, -0.15) is 0 Å². The van der Waals surface area contributed by atoms with E-state index in [4.69, 9.17) is 4.74 Å². The van der Waals surface area contributed by atoms with Crippen LogP contribution in [0.2, 0.25) is 0 Å². The molecule has 6 nitrogen and oxygen atoms in total. The molecule has 1 fully saturated rings. The highest BCUT2D eigenvalue weighted by Gasteiger charge is 2.31. The van der Waals surface area contributed by atoms with Gasteiger partial charge in [0.15, 0.2) is 5.76 Å². The number of aliphatic hydroxyl groups is 1. The van der Waals surface area contributed by atoms with Crippen LogP contribution in [-0.2, 0) is 14.9 Å². The number of H-pyrrole nitrogens is 1. The average molecular weight is 394 g/mol. The summed E-state index contributed by atoms with van der Waals surface area (Å²) in [5.41, 5.74) is 0.482. The van der Waals surface area contributed by atoms with Gasteiger partial charge in [0.1, 0.15) is 5.82 Å². The van der Waals surface area contributed by atoms with Crippen molar-refractivity contribution in [3.63, 3.8) is 0 Å². The van der Waals surface area contributed by atoms with E-state index in [1.165, 1.54) is 12.1 Å². The minimum Gasteiger partial charge on any atom is -0.441 e. The number of rotatable bonds is 3. The van der Waals surface area contributed by atoms with Crippen molar-refractivity contribution in [1.82, 2.24) is 10.3 Å². The Labute approximate surface area is 165 Å². The smallest absolute Gasteiger partial charge is 0.290 e. The van der Waals surface area contributed by atoms with Crippen LogP contribution in [0.5, 0.6) is 0 Å². The highest BCUT2D eigenvalue weighted by Crippen LogP contribution is 2.28. The number of aliphatic hydroxyl groups excluding tert-OH is 1. The quantitative estimate of drug-likeness (QED) is 0.596. The van der Waals surface area contributed by atoms with Crippen LogP contribution >= 0.6 is 0 Å². The lowest BCUT2D eigenvalue weighted by molar-refractivity contribution is -0.117. The molecule has 7 heteroatoms. The first-order valence-electron chi connectivity index (χ1n) is 9.05. The first-order chi connectivity index (χ1) is 13.7. The third-order valence-corrected chi connectivity index (χ3v) is 4.95. The predicted octanol–water partition coefficient (Wildman–Crippen LogP) is 2.92. The van der Waals surface area contributed by atoms with Gasteiger partial charge in [-0.3, -0.25) is 14.9 Å². The van der Waals surface area contributed by atoms with Gasteiger partial charge in [0.25, 0.3) is 17.9 Å². The maximum atomic E-state index is 14.1. The number of amides is 1. The summed E-state index contributed by atoms with van der Waals surface area (Å²) in [6.45, 7) is 3.52. The van der Waals surface area contributed by atoms with E-state index < -0.39 is 17.7 Å². The van der Waals surface area contributed by atoms with E-state index >= 15 is 0 Å². The normalized spacial score (nSPS) is 18.1. The van der Waals surface area contributed by atoms with E-state index in [1.54, 1.807) is 44.2 Å². The number of halogens is 1. The molecule has 2 aromatic carbocycles. The third-order valence-electron chi connectivity index (χ3n) is 4.95. The van der Waals surface area contributed by atoms with Gasteiger partial charge in [-0.1, -0.05) is 44.2 Å². The number of allylic oxidation sites excluding steroid dienone is 1. The fourth-order valence-electron chi connectivity index (χ4n) is 3.44. The fourth-order valence-corrected chi connectivity index (χ4v) is 3.44. The van der Waals surface area contributed by atoms with Gasteiger partial charge in [-0.05, 0) is 35.2 Å². The van der Waals surface area contributed by atoms with E-state index in [2.05, 4.69) is 10.3 Å². The molecule has 3 N–H and O–H groups in total. The molecule has 0 bridgehead atoms. The van der Waals surface area contributed by atoms with Crippen LogP contribution in [0.4, 0.5) is 4.39 Å².